The van der Waals surface area contributed by atoms with Crippen molar-refractivity contribution in [2.24, 2.45) is 0 Å². The number of ether oxygens (including phenoxy) is 2. The van der Waals surface area contributed by atoms with E-state index in [1.54, 1.807) is 30.5 Å². The number of aryl methyl sites for hydroxylation is 1. The largest absolute Gasteiger partial charge is 0.444 e. The Balaban J connectivity index is 1.72. The molecule has 0 aliphatic rings. The number of carbonyl (C=O) groups excluding carboxylic acids is 1. The van der Waals surface area contributed by atoms with Gasteiger partial charge in [-0.2, -0.15) is 4.98 Å². The molecule has 7 nitrogen and oxygen atoms in total. The first-order valence-corrected chi connectivity index (χ1v) is 9.22. The summed E-state index contributed by atoms with van der Waals surface area (Å²) < 4.78 is 11.2. The molecule has 0 spiro atoms. The van der Waals surface area contributed by atoms with E-state index in [-0.39, 0.29) is 0 Å². The van der Waals surface area contributed by atoms with Crippen LogP contribution in [0.2, 0.25) is 0 Å². The van der Waals surface area contributed by atoms with E-state index >= 15 is 0 Å². The third-order valence-corrected chi connectivity index (χ3v) is 3.65. The van der Waals surface area contributed by atoms with E-state index in [9.17, 15) is 4.79 Å². The van der Waals surface area contributed by atoms with Crippen LogP contribution in [0.3, 0.4) is 0 Å². The monoisotopic (exact) mass is 392 g/mol. The second-order valence-corrected chi connectivity index (χ2v) is 7.43. The predicted octanol–water partition coefficient (Wildman–Crippen LogP) is 5.67. The molecule has 0 unspecified atom stereocenters. The lowest BCUT2D eigenvalue weighted by atomic mass is 10.2. The van der Waals surface area contributed by atoms with Crippen LogP contribution >= 0.6 is 0 Å². The van der Waals surface area contributed by atoms with Gasteiger partial charge in [0.25, 0.3) is 0 Å². The molecule has 0 aliphatic heterocycles. The Morgan fingerprint density at radius 1 is 1.00 bits per heavy atom. The number of carbonyl (C=O) groups is 1. The lowest BCUT2D eigenvalue weighted by Crippen LogP contribution is -2.27. The number of rotatable bonds is 5. The molecule has 0 atom stereocenters. The summed E-state index contributed by atoms with van der Waals surface area (Å²) in [4.78, 5) is 20.7. The van der Waals surface area contributed by atoms with Gasteiger partial charge in [0.1, 0.15) is 11.4 Å². The Morgan fingerprint density at radius 3 is 2.45 bits per heavy atom. The summed E-state index contributed by atoms with van der Waals surface area (Å²) in [5.41, 5.74) is 1.66. The summed E-state index contributed by atoms with van der Waals surface area (Å²) in [6, 6.07) is 16.7. The number of nitrogens with one attached hydrogen (secondary N) is 2. The SMILES string of the molecule is Cc1cnc(Nc2ccccc2)nc1Oc1cccc(NC(=O)OC(C)(C)C)c1. The normalized spacial score (nSPS) is 10.9. The molecule has 1 amide bonds. The summed E-state index contributed by atoms with van der Waals surface area (Å²) in [5, 5.41) is 5.84. The fourth-order valence-electron chi connectivity index (χ4n) is 2.41. The number of anilines is 3. The predicted molar refractivity (Wildman–Crippen MR) is 113 cm³/mol. The van der Waals surface area contributed by atoms with Gasteiger partial charge in [-0.15, -0.1) is 0 Å². The highest BCUT2D eigenvalue weighted by Gasteiger charge is 2.16. The second-order valence-electron chi connectivity index (χ2n) is 7.43. The molecule has 2 N–H and O–H groups in total. The Bertz CT molecular complexity index is 985. The summed E-state index contributed by atoms with van der Waals surface area (Å²) >= 11 is 0. The first-order valence-electron chi connectivity index (χ1n) is 9.22. The van der Waals surface area contributed by atoms with Crippen LogP contribution in [0.15, 0.2) is 60.8 Å². The number of amides is 1. The fourth-order valence-corrected chi connectivity index (χ4v) is 2.41. The zero-order valence-corrected chi connectivity index (χ0v) is 16.9. The Hall–Kier alpha value is -3.61. The van der Waals surface area contributed by atoms with Crippen LogP contribution in [0.5, 0.6) is 11.6 Å². The molecule has 1 aromatic heterocycles. The molecule has 1 heterocycles. The van der Waals surface area contributed by atoms with Gasteiger partial charge in [0.05, 0.1) is 0 Å². The maximum atomic E-state index is 12.0. The van der Waals surface area contributed by atoms with Crippen molar-refractivity contribution in [1.82, 2.24) is 9.97 Å². The van der Waals surface area contributed by atoms with E-state index < -0.39 is 11.7 Å². The highest BCUT2D eigenvalue weighted by atomic mass is 16.6. The number of hydrogen-bond acceptors (Lipinski definition) is 6. The van der Waals surface area contributed by atoms with Crippen molar-refractivity contribution in [3.63, 3.8) is 0 Å². The zero-order chi connectivity index (χ0) is 20.9. The molecule has 2 aromatic carbocycles. The topological polar surface area (TPSA) is 85.4 Å². The van der Waals surface area contributed by atoms with Crippen molar-refractivity contribution in [1.29, 1.82) is 0 Å². The van der Waals surface area contributed by atoms with E-state index in [1.807, 2.05) is 58.0 Å². The standard InChI is InChI=1S/C22H24N4O3/c1-15-14-23-20(24-16-9-6-5-7-10-16)26-19(15)28-18-12-8-11-17(13-18)25-21(27)29-22(2,3)4/h5-14H,1-4H3,(H,25,27)(H,23,24,26). The van der Waals surface area contributed by atoms with Crippen molar-refractivity contribution < 1.29 is 14.3 Å². The van der Waals surface area contributed by atoms with Gasteiger partial charge in [-0.1, -0.05) is 24.3 Å². The minimum Gasteiger partial charge on any atom is -0.444 e. The Labute approximate surface area is 170 Å². The van der Waals surface area contributed by atoms with Crippen molar-refractivity contribution in [3.8, 4) is 11.6 Å². The maximum absolute atomic E-state index is 12.0. The van der Waals surface area contributed by atoms with E-state index in [2.05, 4.69) is 20.6 Å². The quantitative estimate of drug-likeness (QED) is 0.582. The molecule has 0 aliphatic carbocycles. The summed E-state index contributed by atoms with van der Waals surface area (Å²) in [7, 11) is 0. The molecule has 3 aromatic rings. The number of aromatic nitrogens is 2. The van der Waals surface area contributed by atoms with E-state index in [0.717, 1.165) is 11.3 Å². The van der Waals surface area contributed by atoms with Crippen LogP contribution in [0.25, 0.3) is 0 Å². The van der Waals surface area contributed by atoms with E-state index in [4.69, 9.17) is 9.47 Å². The molecule has 0 saturated heterocycles. The smallest absolute Gasteiger partial charge is 0.412 e. The molecule has 29 heavy (non-hydrogen) atoms. The number of nitrogens with zero attached hydrogens (tertiary/aromatic N) is 2. The molecule has 7 heteroatoms. The molecular formula is C22H24N4O3. The molecule has 0 fully saturated rings. The molecule has 3 rings (SSSR count). The van der Waals surface area contributed by atoms with Gasteiger partial charge in [-0.3, -0.25) is 5.32 Å². The van der Waals surface area contributed by atoms with E-state index in [0.29, 0.717) is 23.3 Å². The summed E-state index contributed by atoms with van der Waals surface area (Å²) in [6.45, 7) is 7.30. The lowest BCUT2D eigenvalue weighted by Gasteiger charge is -2.19. The first-order chi connectivity index (χ1) is 13.8. The summed E-state index contributed by atoms with van der Waals surface area (Å²) in [5.74, 6) is 1.39. The van der Waals surface area contributed by atoms with Gasteiger partial charge in [0.2, 0.25) is 11.8 Å². The zero-order valence-electron chi connectivity index (χ0n) is 16.9. The average molecular weight is 392 g/mol. The number of hydrogen-bond donors (Lipinski definition) is 2. The van der Waals surface area contributed by atoms with Gasteiger partial charge in [-0.25, -0.2) is 9.78 Å². The van der Waals surface area contributed by atoms with Crippen LogP contribution in [0.4, 0.5) is 22.1 Å². The summed E-state index contributed by atoms with van der Waals surface area (Å²) in [6.07, 6.45) is 1.17. The minimum absolute atomic E-state index is 0.424. The van der Waals surface area contributed by atoms with Crippen LogP contribution in [-0.4, -0.2) is 21.7 Å². The van der Waals surface area contributed by atoms with Crippen molar-refractivity contribution in [3.05, 3.63) is 66.4 Å². The van der Waals surface area contributed by atoms with Crippen LogP contribution in [0, 0.1) is 6.92 Å². The van der Waals surface area contributed by atoms with Gasteiger partial charge in [0.15, 0.2) is 0 Å². The average Bonchev–Trinajstić information content (AvgIpc) is 2.64. The number of para-hydroxylation sites is 1. The van der Waals surface area contributed by atoms with Crippen molar-refractivity contribution in [2.45, 2.75) is 33.3 Å². The third kappa shape index (κ3) is 6.21. The Kier molecular flexibility index (Phi) is 5.97. The lowest BCUT2D eigenvalue weighted by molar-refractivity contribution is 0.0636. The second kappa shape index (κ2) is 8.60. The van der Waals surface area contributed by atoms with Crippen LogP contribution < -0.4 is 15.4 Å². The molecule has 0 bridgehead atoms. The van der Waals surface area contributed by atoms with Gasteiger partial charge in [-0.05, 0) is 52.0 Å². The molecule has 150 valence electrons. The Morgan fingerprint density at radius 2 is 1.72 bits per heavy atom. The molecule has 0 radical (unpaired) electrons. The van der Waals surface area contributed by atoms with Gasteiger partial charge >= 0.3 is 6.09 Å². The van der Waals surface area contributed by atoms with Crippen LogP contribution in [-0.2, 0) is 4.74 Å². The highest BCUT2D eigenvalue weighted by molar-refractivity contribution is 5.85. The molecular weight excluding hydrogens is 368 g/mol. The van der Waals surface area contributed by atoms with Crippen molar-refractivity contribution >= 4 is 23.4 Å². The minimum atomic E-state index is -0.571. The van der Waals surface area contributed by atoms with Crippen LogP contribution in [0.1, 0.15) is 26.3 Å². The maximum Gasteiger partial charge on any atom is 0.412 e. The highest BCUT2D eigenvalue weighted by Crippen LogP contribution is 2.26. The first kappa shape index (κ1) is 20.1. The van der Waals surface area contributed by atoms with Crippen molar-refractivity contribution in [2.75, 3.05) is 10.6 Å². The van der Waals surface area contributed by atoms with Gasteiger partial charge in [0, 0.05) is 29.2 Å². The number of benzene rings is 2. The third-order valence-electron chi connectivity index (χ3n) is 3.65. The van der Waals surface area contributed by atoms with Gasteiger partial charge < -0.3 is 14.8 Å². The van der Waals surface area contributed by atoms with E-state index in [1.165, 1.54) is 0 Å². The molecule has 0 saturated carbocycles. The fraction of sp³-hybridized carbons (Fsp3) is 0.227.